The summed E-state index contributed by atoms with van der Waals surface area (Å²) in [4.78, 5) is 30.9. The first-order valence-electron chi connectivity index (χ1n) is 13.4. The van der Waals surface area contributed by atoms with Crippen LogP contribution in [0.5, 0.6) is 0 Å². The largest absolute Gasteiger partial charge is 0.361 e. The maximum atomic E-state index is 13.9. The van der Waals surface area contributed by atoms with Crippen LogP contribution in [0.1, 0.15) is 55.2 Å². The number of aromatic nitrogens is 1. The zero-order valence-electron chi connectivity index (χ0n) is 21.3. The Kier molecular flexibility index (Phi) is 7.69. The van der Waals surface area contributed by atoms with Crippen LogP contribution in [0.3, 0.4) is 0 Å². The van der Waals surface area contributed by atoms with Crippen molar-refractivity contribution in [2.45, 2.75) is 57.0 Å². The van der Waals surface area contributed by atoms with E-state index in [9.17, 15) is 9.59 Å². The molecule has 1 aliphatic carbocycles. The summed E-state index contributed by atoms with van der Waals surface area (Å²) in [6, 6.07) is 27.1. The number of H-pyrrole nitrogens is 1. The molecule has 0 spiro atoms. The van der Waals surface area contributed by atoms with Gasteiger partial charge in [-0.2, -0.15) is 0 Å². The van der Waals surface area contributed by atoms with Gasteiger partial charge in [-0.05, 0) is 41.5 Å². The van der Waals surface area contributed by atoms with Crippen molar-refractivity contribution >= 4 is 22.7 Å². The van der Waals surface area contributed by atoms with Crippen LogP contribution in [0.25, 0.3) is 10.9 Å². The van der Waals surface area contributed by atoms with Gasteiger partial charge >= 0.3 is 0 Å². The Morgan fingerprint density at radius 1 is 0.838 bits per heavy atom. The molecule has 1 saturated carbocycles. The highest BCUT2D eigenvalue weighted by Gasteiger charge is 2.31. The summed E-state index contributed by atoms with van der Waals surface area (Å²) in [7, 11) is 0. The first-order valence-corrected chi connectivity index (χ1v) is 13.4. The minimum atomic E-state index is -0.684. The fourth-order valence-corrected chi connectivity index (χ4v) is 5.58. The van der Waals surface area contributed by atoms with Crippen molar-refractivity contribution in [1.82, 2.24) is 15.6 Å². The minimum Gasteiger partial charge on any atom is -0.361 e. The van der Waals surface area contributed by atoms with Gasteiger partial charge < -0.3 is 15.6 Å². The van der Waals surface area contributed by atoms with E-state index in [0.717, 1.165) is 46.9 Å². The minimum absolute atomic E-state index is 0.114. The van der Waals surface area contributed by atoms with E-state index in [1.165, 1.54) is 6.42 Å². The molecule has 1 aromatic heterocycles. The Morgan fingerprint density at radius 3 is 2.14 bits per heavy atom. The molecule has 0 bridgehead atoms. The second kappa shape index (κ2) is 11.5. The van der Waals surface area contributed by atoms with Crippen LogP contribution in [-0.4, -0.2) is 28.9 Å². The summed E-state index contributed by atoms with van der Waals surface area (Å²) in [6.07, 6.45) is 6.80. The zero-order chi connectivity index (χ0) is 25.6. The van der Waals surface area contributed by atoms with Gasteiger partial charge in [0.25, 0.3) is 0 Å². The van der Waals surface area contributed by atoms with Gasteiger partial charge in [0, 0.05) is 29.6 Å². The van der Waals surface area contributed by atoms with Crippen LogP contribution in [0.2, 0.25) is 0 Å². The number of hydrogen-bond acceptors (Lipinski definition) is 2. The number of carbonyl (C=O) groups excluding carboxylic acids is 2. The van der Waals surface area contributed by atoms with Crippen molar-refractivity contribution in [2.75, 3.05) is 0 Å². The molecule has 1 fully saturated rings. The van der Waals surface area contributed by atoms with E-state index in [4.69, 9.17) is 0 Å². The van der Waals surface area contributed by atoms with Crippen molar-refractivity contribution in [3.63, 3.8) is 0 Å². The summed E-state index contributed by atoms with van der Waals surface area (Å²) < 4.78 is 0. The third-order valence-corrected chi connectivity index (χ3v) is 7.70. The number of rotatable bonds is 8. The molecule has 3 aromatic carbocycles. The van der Waals surface area contributed by atoms with Crippen molar-refractivity contribution in [1.29, 1.82) is 0 Å². The molecule has 5 heteroatoms. The number of amides is 2. The summed E-state index contributed by atoms with van der Waals surface area (Å²) in [5.74, 6) is -0.357. The lowest BCUT2D eigenvalue weighted by Gasteiger charge is -2.31. The highest BCUT2D eigenvalue weighted by molar-refractivity contribution is 5.93. The lowest BCUT2D eigenvalue weighted by Crippen LogP contribution is -2.53. The van der Waals surface area contributed by atoms with E-state index >= 15 is 0 Å². The zero-order valence-corrected chi connectivity index (χ0v) is 21.3. The SMILES string of the molecule is C[C@@H]1CCCC[C@H]1NC(=O)[C@H](Cc1c[nH]c2ccccc12)NC(=O)C(c1ccccc1)c1ccccc1. The molecule has 3 N–H and O–H groups in total. The Bertz CT molecular complexity index is 1290. The van der Waals surface area contributed by atoms with Crippen LogP contribution in [0, 0.1) is 5.92 Å². The summed E-state index contributed by atoms with van der Waals surface area (Å²) >= 11 is 0. The Balaban J connectivity index is 1.44. The van der Waals surface area contributed by atoms with Crippen molar-refractivity contribution in [3.8, 4) is 0 Å². The molecular formula is C32H35N3O2. The number of nitrogens with one attached hydrogen (secondary N) is 3. The fraction of sp³-hybridized carbons (Fsp3) is 0.312. The number of fused-ring (bicyclic) bond motifs is 1. The van der Waals surface area contributed by atoms with Crippen LogP contribution < -0.4 is 10.6 Å². The number of para-hydroxylation sites is 1. The van der Waals surface area contributed by atoms with E-state index in [1.807, 2.05) is 85.1 Å². The lowest BCUT2D eigenvalue weighted by molar-refractivity contribution is -0.130. The quantitative estimate of drug-likeness (QED) is 0.294. The first kappa shape index (κ1) is 24.8. The van der Waals surface area contributed by atoms with Crippen molar-refractivity contribution in [2.24, 2.45) is 5.92 Å². The maximum absolute atomic E-state index is 13.9. The topological polar surface area (TPSA) is 74.0 Å². The third kappa shape index (κ3) is 5.77. The standard InChI is InChI=1S/C32H35N3O2/c1-22-12-8-10-18-27(22)34-31(36)29(20-25-21-33-28-19-11-9-17-26(25)28)35-32(37)30(23-13-4-2-5-14-23)24-15-6-3-7-16-24/h2-7,9,11,13-17,19,21-22,27,29-30,33H,8,10,12,18,20H2,1H3,(H,34,36)(H,35,37)/t22-,27-,29+/m1/s1. The third-order valence-electron chi connectivity index (χ3n) is 7.70. The first-order chi connectivity index (χ1) is 18.1. The molecule has 190 valence electrons. The van der Waals surface area contributed by atoms with Gasteiger partial charge in [0.1, 0.15) is 6.04 Å². The van der Waals surface area contributed by atoms with E-state index < -0.39 is 12.0 Å². The Labute approximate surface area is 218 Å². The highest BCUT2D eigenvalue weighted by atomic mass is 16.2. The number of carbonyl (C=O) groups is 2. The van der Waals surface area contributed by atoms with Crippen LogP contribution in [-0.2, 0) is 16.0 Å². The van der Waals surface area contributed by atoms with Gasteiger partial charge in [-0.15, -0.1) is 0 Å². The molecule has 1 heterocycles. The van der Waals surface area contributed by atoms with Crippen LogP contribution in [0.15, 0.2) is 91.1 Å². The van der Waals surface area contributed by atoms with Crippen LogP contribution in [0.4, 0.5) is 0 Å². The molecule has 5 nitrogen and oxygen atoms in total. The lowest BCUT2D eigenvalue weighted by atomic mass is 9.85. The molecule has 3 atom stereocenters. The molecule has 37 heavy (non-hydrogen) atoms. The predicted octanol–water partition coefficient (Wildman–Crippen LogP) is 5.72. The maximum Gasteiger partial charge on any atom is 0.243 e. The number of hydrogen-bond donors (Lipinski definition) is 3. The van der Waals surface area contributed by atoms with E-state index in [0.29, 0.717) is 12.3 Å². The van der Waals surface area contributed by atoms with Crippen LogP contribution >= 0.6 is 0 Å². The molecule has 2 amide bonds. The van der Waals surface area contributed by atoms with Crippen molar-refractivity contribution < 1.29 is 9.59 Å². The average molecular weight is 494 g/mol. The number of benzene rings is 3. The monoisotopic (exact) mass is 493 g/mol. The van der Waals surface area contributed by atoms with Gasteiger partial charge in [-0.25, -0.2) is 0 Å². The van der Waals surface area contributed by atoms with E-state index in [-0.39, 0.29) is 17.9 Å². The van der Waals surface area contributed by atoms with Gasteiger partial charge in [0.2, 0.25) is 11.8 Å². The Morgan fingerprint density at radius 2 is 1.46 bits per heavy atom. The fourth-order valence-electron chi connectivity index (χ4n) is 5.58. The summed E-state index contributed by atoms with van der Waals surface area (Å²) in [6.45, 7) is 2.21. The normalized spacial score (nSPS) is 18.4. The van der Waals surface area contributed by atoms with E-state index in [2.05, 4.69) is 28.6 Å². The summed E-state index contributed by atoms with van der Waals surface area (Å²) in [5, 5.41) is 7.52. The predicted molar refractivity (Wildman–Crippen MR) is 148 cm³/mol. The molecular weight excluding hydrogens is 458 g/mol. The van der Waals surface area contributed by atoms with E-state index in [1.54, 1.807) is 0 Å². The highest BCUT2D eigenvalue weighted by Crippen LogP contribution is 2.27. The second-order valence-electron chi connectivity index (χ2n) is 10.3. The van der Waals surface area contributed by atoms with Gasteiger partial charge in [0.15, 0.2) is 0 Å². The average Bonchev–Trinajstić information content (AvgIpc) is 3.34. The van der Waals surface area contributed by atoms with Gasteiger partial charge in [-0.1, -0.05) is 98.6 Å². The van der Waals surface area contributed by atoms with Crippen molar-refractivity contribution in [3.05, 3.63) is 108 Å². The summed E-state index contributed by atoms with van der Waals surface area (Å²) in [5.41, 5.74) is 3.84. The molecule has 0 unspecified atom stereocenters. The molecule has 5 rings (SSSR count). The molecule has 4 aromatic rings. The molecule has 0 saturated heterocycles. The Hall–Kier alpha value is -3.86. The van der Waals surface area contributed by atoms with Gasteiger partial charge in [-0.3, -0.25) is 9.59 Å². The molecule has 1 aliphatic rings. The number of aromatic amines is 1. The molecule has 0 aliphatic heterocycles. The molecule has 0 radical (unpaired) electrons. The smallest absolute Gasteiger partial charge is 0.243 e. The second-order valence-corrected chi connectivity index (χ2v) is 10.3. The van der Waals surface area contributed by atoms with Gasteiger partial charge in [0.05, 0.1) is 5.92 Å².